The van der Waals surface area contributed by atoms with E-state index >= 15 is 0 Å². The van der Waals surface area contributed by atoms with Gasteiger partial charge in [-0.15, -0.1) is 39.7 Å². The van der Waals surface area contributed by atoms with Crippen LogP contribution < -0.4 is 0 Å². The monoisotopic (exact) mass is 441 g/mol. The molecule has 0 radical (unpaired) electrons. The van der Waals surface area contributed by atoms with Crippen LogP contribution in [0.1, 0.15) is 6.42 Å². The molecule has 0 unspecified atom stereocenters. The molecular weight excluding hydrogens is 419 g/mol. The quantitative estimate of drug-likeness (QED) is 0.293. The van der Waals surface area contributed by atoms with Crippen molar-refractivity contribution in [2.45, 2.75) is 6.42 Å². The van der Waals surface area contributed by atoms with Crippen LogP contribution in [-0.4, -0.2) is 0 Å². The molecule has 0 spiro atoms. The standard InChI is InChI=1S/C13H9.C5H6.2CH3.Hf/c1-3-7-12-10(5-1)9-11-6-2-4-8-13(11)12;1-2-4-5-3-1;;;/h1-9H;1-4H,5H2;2*1H3;/q-1;;2*-1;. The number of fused-ring (bicyclic) bond motifs is 3. The Morgan fingerprint density at radius 3 is 1.48 bits per heavy atom. The first-order valence-electron chi connectivity index (χ1n) is 6.30. The predicted molar refractivity (Wildman–Crippen MR) is 92.8 cm³/mol. The van der Waals surface area contributed by atoms with Crippen molar-refractivity contribution in [2.75, 3.05) is 0 Å². The molecule has 1 aliphatic carbocycles. The third-order valence-electron chi connectivity index (χ3n) is 3.18. The summed E-state index contributed by atoms with van der Waals surface area (Å²) in [5.41, 5.74) is 0. The van der Waals surface area contributed by atoms with Gasteiger partial charge >= 0.3 is 0 Å². The van der Waals surface area contributed by atoms with Gasteiger partial charge in [-0.05, 0) is 6.42 Å². The fraction of sp³-hybridized carbons (Fsp3) is 0.0500. The van der Waals surface area contributed by atoms with Crippen molar-refractivity contribution < 1.29 is 25.8 Å². The summed E-state index contributed by atoms with van der Waals surface area (Å²) in [6.45, 7) is 0. The van der Waals surface area contributed by atoms with Gasteiger partial charge in [0.05, 0.1) is 0 Å². The van der Waals surface area contributed by atoms with Crippen molar-refractivity contribution in [3.05, 3.63) is 93.8 Å². The third kappa shape index (κ3) is 4.57. The van der Waals surface area contributed by atoms with Crippen molar-refractivity contribution in [1.29, 1.82) is 0 Å². The molecule has 21 heavy (non-hydrogen) atoms. The predicted octanol–water partition coefficient (Wildman–Crippen LogP) is 6.11. The van der Waals surface area contributed by atoms with Crippen LogP contribution in [0.15, 0.2) is 78.9 Å². The molecule has 0 nitrogen and oxygen atoms in total. The largest absolute Gasteiger partial charge is 0.358 e. The first-order chi connectivity index (χ1) is 8.95. The van der Waals surface area contributed by atoms with Crippen LogP contribution in [0.2, 0.25) is 0 Å². The fourth-order valence-electron chi connectivity index (χ4n) is 2.30. The molecule has 0 N–H and O–H groups in total. The number of allylic oxidation sites excluding steroid dienone is 4. The van der Waals surface area contributed by atoms with Crippen molar-refractivity contribution >= 4 is 21.5 Å². The third-order valence-corrected chi connectivity index (χ3v) is 3.18. The Hall–Kier alpha value is -1.34. The van der Waals surface area contributed by atoms with E-state index in [-0.39, 0.29) is 40.7 Å². The van der Waals surface area contributed by atoms with Crippen molar-refractivity contribution in [2.24, 2.45) is 0 Å². The van der Waals surface area contributed by atoms with E-state index in [1.807, 2.05) is 0 Å². The van der Waals surface area contributed by atoms with Crippen LogP contribution in [0.4, 0.5) is 0 Å². The van der Waals surface area contributed by atoms with E-state index < -0.39 is 0 Å². The van der Waals surface area contributed by atoms with E-state index in [1.54, 1.807) is 0 Å². The molecule has 0 atom stereocenters. The summed E-state index contributed by atoms with van der Waals surface area (Å²) in [4.78, 5) is 0. The minimum Gasteiger partial charge on any atom is -0.358 e. The maximum atomic E-state index is 2.24. The molecular formula is C20H21Hf-3. The SMILES string of the molecule is C1=CCC=C1.[CH3-].[CH3-].[Hf].c1ccc2c(c1)[cH-]c1ccccc12. The minimum atomic E-state index is 0. The van der Waals surface area contributed by atoms with E-state index in [2.05, 4.69) is 78.9 Å². The molecule has 0 aliphatic heterocycles. The Morgan fingerprint density at radius 2 is 1.10 bits per heavy atom. The molecule has 1 heteroatoms. The maximum Gasteiger partial charge on any atom is 0 e. The summed E-state index contributed by atoms with van der Waals surface area (Å²) in [5.74, 6) is 0. The second kappa shape index (κ2) is 9.57. The van der Waals surface area contributed by atoms with Crippen molar-refractivity contribution in [3.8, 4) is 0 Å². The Kier molecular flexibility index (Phi) is 8.96. The van der Waals surface area contributed by atoms with Gasteiger partial charge in [0, 0.05) is 25.8 Å². The average molecular weight is 440 g/mol. The number of benzene rings is 2. The Labute approximate surface area is 147 Å². The number of hydrogen-bond donors (Lipinski definition) is 0. The summed E-state index contributed by atoms with van der Waals surface area (Å²) >= 11 is 0. The summed E-state index contributed by atoms with van der Waals surface area (Å²) in [5, 5.41) is 5.39. The molecule has 0 fully saturated rings. The molecule has 0 aromatic heterocycles. The van der Waals surface area contributed by atoms with E-state index in [0.717, 1.165) is 6.42 Å². The summed E-state index contributed by atoms with van der Waals surface area (Å²) in [6, 6.07) is 19.3. The first kappa shape index (κ1) is 19.7. The van der Waals surface area contributed by atoms with Crippen LogP contribution in [0, 0.1) is 14.9 Å². The Morgan fingerprint density at radius 1 is 0.667 bits per heavy atom. The second-order valence-electron chi connectivity index (χ2n) is 4.41. The van der Waals surface area contributed by atoms with E-state index in [9.17, 15) is 0 Å². The van der Waals surface area contributed by atoms with E-state index in [4.69, 9.17) is 0 Å². The van der Waals surface area contributed by atoms with Gasteiger partial charge in [0.15, 0.2) is 0 Å². The number of hydrogen-bond acceptors (Lipinski definition) is 0. The van der Waals surface area contributed by atoms with Crippen molar-refractivity contribution in [1.82, 2.24) is 0 Å². The summed E-state index contributed by atoms with van der Waals surface area (Å²) < 4.78 is 0. The summed E-state index contributed by atoms with van der Waals surface area (Å²) in [7, 11) is 0. The minimum absolute atomic E-state index is 0. The van der Waals surface area contributed by atoms with Crippen LogP contribution in [0.5, 0.6) is 0 Å². The zero-order valence-corrected chi connectivity index (χ0v) is 16.3. The van der Waals surface area contributed by atoms with Gasteiger partial charge < -0.3 is 14.9 Å². The van der Waals surface area contributed by atoms with Crippen LogP contribution >= 0.6 is 0 Å². The van der Waals surface area contributed by atoms with E-state index in [1.165, 1.54) is 21.5 Å². The zero-order chi connectivity index (χ0) is 12.2. The molecule has 1 aliphatic rings. The zero-order valence-electron chi connectivity index (χ0n) is 12.7. The fourth-order valence-corrected chi connectivity index (χ4v) is 2.30. The van der Waals surface area contributed by atoms with Crippen LogP contribution in [0.3, 0.4) is 0 Å². The van der Waals surface area contributed by atoms with E-state index in [0.29, 0.717) is 0 Å². The van der Waals surface area contributed by atoms with Gasteiger partial charge in [0.25, 0.3) is 0 Å². The molecule has 3 aromatic carbocycles. The smallest absolute Gasteiger partial charge is 0 e. The topological polar surface area (TPSA) is 0 Å². The Balaban J connectivity index is 0.000000437. The molecule has 0 heterocycles. The Bertz CT molecular complexity index is 656. The number of rotatable bonds is 0. The van der Waals surface area contributed by atoms with Crippen LogP contribution in [-0.2, 0) is 25.8 Å². The van der Waals surface area contributed by atoms with Crippen LogP contribution in [0.25, 0.3) is 21.5 Å². The summed E-state index contributed by atoms with van der Waals surface area (Å²) in [6.07, 6.45) is 9.50. The van der Waals surface area contributed by atoms with Gasteiger partial charge in [-0.3, -0.25) is 0 Å². The molecule has 0 saturated heterocycles. The van der Waals surface area contributed by atoms with Gasteiger partial charge in [-0.2, -0.15) is 0 Å². The first-order valence-corrected chi connectivity index (χ1v) is 6.30. The second-order valence-corrected chi connectivity index (χ2v) is 4.41. The molecule has 0 bridgehead atoms. The maximum absolute atomic E-state index is 2.24. The van der Waals surface area contributed by atoms with Gasteiger partial charge in [-0.25, -0.2) is 0 Å². The molecule has 0 amide bonds. The van der Waals surface area contributed by atoms with Gasteiger partial charge in [0.1, 0.15) is 0 Å². The molecule has 4 rings (SSSR count). The normalized spacial score (nSPS) is 11.0. The van der Waals surface area contributed by atoms with Crippen molar-refractivity contribution in [3.63, 3.8) is 0 Å². The van der Waals surface area contributed by atoms with Gasteiger partial charge in [-0.1, -0.05) is 60.7 Å². The molecule has 3 aromatic rings. The molecule has 108 valence electrons. The molecule has 0 saturated carbocycles. The van der Waals surface area contributed by atoms with Gasteiger partial charge in [0.2, 0.25) is 0 Å². The average Bonchev–Trinajstić information content (AvgIpc) is 3.10.